The summed E-state index contributed by atoms with van der Waals surface area (Å²) in [7, 11) is 0. The average Bonchev–Trinajstić information content (AvgIpc) is 3.49. The van der Waals surface area contributed by atoms with Gasteiger partial charge < -0.3 is 10.6 Å². The number of carbonyl (C=O) groups is 2. The molecule has 0 radical (unpaired) electrons. The highest BCUT2D eigenvalue weighted by Gasteiger charge is 2.23. The Morgan fingerprint density at radius 2 is 1.74 bits per heavy atom. The average molecular weight is 517 g/mol. The van der Waals surface area contributed by atoms with Crippen molar-refractivity contribution in [1.82, 2.24) is 29.4 Å². The maximum atomic E-state index is 13.7. The predicted molar refractivity (Wildman–Crippen MR) is 144 cm³/mol. The van der Waals surface area contributed by atoms with Crippen LogP contribution in [0.25, 0.3) is 16.7 Å². The molecule has 2 amide bonds. The van der Waals surface area contributed by atoms with Gasteiger partial charge in [0, 0.05) is 17.1 Å². The summed E-state index contributed by atoms with van der Waals surface area (Å²) in [6.45, 7) is 5.43. The molecule has 4 aromatic rings. The monoisotopic (exact) mass is 516 g/mol. The van der Waals surface area contributed by atoms with E-state index in [-0.39, 0.29) is 53.2 Å². The van der Waals surface area contributed by atoms with E-state index in [1.165, 1.54) is 8.97 Å². The highest BCUT2D eigenvalue weighted by atomic mass is 16.2. The van der Waals surface area contributed by atoms with E-state index >= 15 is 0 Å². The van der Waals surface area contributed by atoms with E-state index in [1.54, 1.807) is 18.2 Å². The van der Waals surface area contributed by atoms with Crippen LogP contribution in [0.15, 0.2) is 58.1 Å². The second-order valence-corrected chi connectivity index (χ2v) is 10.9. The third-order valence-corrected chi connectivity index (χ3v) is 6.72. The minimum atomic E-state index is -0.566. The first-order valence-corrected chi connectivity index (χ1v) is 12.9. The summed E-state index contributed by atoms with van der Waals surface area (Å²) in [6, 6.07) is 14.3. The van der Waals surface area contributed by atoms with E-state index in [9.17, 15) is 19.2 Å². The van der Waals surface area contributed by atoms with E-state index in [1.807, 2.05) is 51.1 Å². The van der Waals surface area contributed by atoms with Crippen molar-refractivity contribution in [3.8, 4) is 0 Å². The number of nitrogens with one attached hydrogen (secondary N) is 2. The molecule has 198 valence electrons. The number of benzene rings is 2. The zero-order chi connectivity index (χ0) is 27.0. The first kappa shape index (κ1) is 25.4. The minimum Gasteiger partial charge on any atom is -0.350 e. The first-order valence-electron chi connectivity index (χ1n) is 12.9. The fourth-order valence-corrected chi connectivity index (χ4v) is 5.00. The summed E-state index contributed by atoms with van der Waals surface area (Å²) < 4.78 is 3.80. The maximum Gasteiger partial charge on any atom is 0.352 e. The Kier molecular flexibility index (Phi) is 6.64. The molecule has 0 aliphatic heterocycles. The molecule has 0 spiro atoms. The molecule has 1 fully saturated rings. The van der Waals surface area contributed by atoms with Crippen molar-refractivity contribution in [3.63, 3.8) is 0 Å². The van der Waals surface area contributed by atoms with E-state index in [0.717, 1.165) is 35.9 Å². The normalized spacial score (nSPS) is 14.3. The van der Waals surface area contributed by atoms with E-state index in [4.69, 9.17) is 0 Å². The van der Waals surface area contributed by atoms with Crippen molar-refractivity contribution >= 4 is 28.5 Å². The number of fused-ring (bicyclic) bond motifs is 3. The molecule has 2 heterocycles. The Bertz CT molecular complexity index is 1640. The van der Waals surface area contributed by atoms with Crippen molar-refractivity contribution < 1.29 is 9.59 Å². The second-order valence-electron chi connectivity index (χ2n) is 10.9. The smallest absolute Gasteiger partial charge is 0.350 e. The van der Waals surface area contributed by atoms with Gasteiger partial charge in [0.15, 0.2) is 0 Å². The summed E-state index contributed by atoms with van der Waals surface area (Å²) in [5.41, 5.74) is 0.108. The lowest BCUT2D eigenvalue weighted by atomic mass is 10.1. The molecule has 0 atom stereocenters. The quantitative estimate of drug-likeness (QED) is 0.408. The highest BCUT2D eigenvalue weighted by molar-refractivity contribution is 5.98. The number of nitrogens with zero attached hydrogens (tertiary/aromatic N) is 4. The molecule has 10 heteroatoms. The van der Waals surface area contributed by atoms with Crippen LogP contribution in [0, 0.1) is 0 Å². The number of aromatic nitrogens is 4. The summed E-state index contributed by atoms with van der Waals surface area (Å²) in [5.74, 6) is -0.514. The number of carbonyl (C=O) groups excluding carboxylic acids is 2. The van der Waals surface area contributed by atoms with Crippen molar-refractivity contribution in [2.45, 2.75) is 71.1 Å². The van der Waals surface area contributed by atoms with Crippen molar-refractivity contribution in [2.75, 3.05) is 0 Å². The van der Waals surface area contributed by atoms with Crippen LogP contribution in [0.3, 0.4) is 0 Å². The van der Waals surface area contributed by atoms with Gasteiger partial charge >= 0.3 is 5.69 Å². The Balaban J connectivity index is 1.66. The molecule has 2 N–H and O–H groups in total. The van der Waals surface area contributed by atoms with Gasteiger partial charge in [-0.3, -0.25) is 19.0 Å². The number of rotatable bonds is 6. The predicted octanol–water partition coefficient (Wildman–Crippen LogP) is 2.45. The lowest BCUT2D eigenvalue weighted by Crippen LogP contribution is -2.43. The first-order chi connectivity index (χ1) is 18.1. The number of hydrogen-bond donors (Lipinski definition) is 2. The van der Waals surface area contributed by atoms with Gasteiger partial charge in [0.05, 0.1) is 17.4 Å². The second kappa shape index (κ2) is 9.92. The molecule has 0 saturated heterocycles. The van der Waals surface area contributed by atoms with Crippen LogP contribution in [0.5, 0.6) is 0 Å². The minimum absolute atomic E-state index is 0.105. The van der Waals surface area contributed by atoms with Crippen molar-refractivity contribution in [3.05, 3.63) is 80.5 Å². The zero-order valence-electron chi connectivity index (χ0n) is 21.9. The van der Waals surface area contributed by atoms with Crippen LogP contribution in [-0.2, 0) is 17.9 Å². The highest BCUT2D eigenvalue weighted by Crippen LogP contribution is 2.19. The summed E-state index contributed by atoms with van der Waals surface area (Å²) in [4.78, 5) is 52.9. The molecule has 38 heavy (non-hydrogen) atoms. The molecular formula is C28H32N6O4. The molecule has 2 aromatic heterocycles. The van der Waals surface area contributed by atoms with Crippen molar-refractivity contribution in [2.24, 2.45) is 0 Å². The van der Waals surface area contributed by atoms with Gasteiger partial charge in [-0.25, -0.2) is 13.9 Å². The van der Waals surface area contributed by atoms with Gasteiger partial charge in [-0.1, -0.05) is 43.2 Å². The zero-order valence-corrected chi connectivity index (χ0v) is 21.9. The number of hydrogen-bond acceptors (Lipinski definition) is 5. The molecule has 0 bridgehead atoms. The lowest BCUT2D eigenvalue weighted by Gasteiger charge is -2.20. The van der Waals surface area contributed by atoms with E-state index in [0.29, 0.717) is 5.56 Å². The Labute approximate surface area is 219 Å². The molecule has 1 aliphatic rings. The van der Waals surface area contributed by atoms with Gasteiger partial charge in [-0.2, -0.15) is 0 Å². The van der Waals surface area contributed by atoms with Crippen LogP contribution in [0.2, 0.25) is 0 Å². The van der Waals surface area contributed by atoms with Gasteiger partial charge in [0.1, 0.15) is 6.54 Å². The molecule has 5 rings (SSSR count). The standard InChI is InChI=1S/C28H32N6O4/c1-28(2,3)30-23(35)17-33-27(38)34-22-15-19(24(36)29-20-11-7-8-12-20)13-14-21(22)25(37)32(26(34)31-33)16-18-9-5-4-6-10-18/h4-6,9-10,13-15,20H,7-8,11-12,16-17H2,1-3H3,(H,29,36)(H,30,35). The lowest BCUT2D eigenvalue weighted by molar-refractivity contribution is -0.123. The van der Waals surface area contributed by atoms with Gasteiger partial charge in [0.25, 0.3) is 11.5 Å². The molecule has 1 aliphatic carbocycles. The van der Waals surface area contributed by atoms with Crippen LogP contribution >= 0.6 is 0 Å². The molecule has 10 nitrogen and oxygen atoms in total. The van der Waals surface area contributed by atoms with Gasteiger partial charge in [-0.15, -0.1) is 5.10 Å². The van der Waals surface area contributed by atoms with Crippen molar-refractivity contribution in [1.29, 1.82) is 0 Å². The van der Waals surface area contributed by atoms with Crippen LogP contribution in [0.1, 0.15) is 62.4 Å². The van der Waals surface area contributed by atoms with Gasteiger partial charge in [0.2, 0.25) is 11.7 Å². The molecule has 2 aromatic carbocycles. The Hall–Kier alpha value is -4.21. The Morgan fingerprint density at radius 1 is 1.03 bits per heavy atom. The molecular weight excluding hydrogens is 484 g/mol. The van der Waals surface area contributed by atoms with Crippen LogP contribution < -0.4 is 21.9 Å². The van der Waals surface area contributed by atoms with Crippen LogP contribution in [0.4, 0.5) is 0 Å². The summed E-state index contributed by atoms with van der Waals surface area (Å²) in [5, 5.41) is 10.6. The fourth-order valence-electron chi connectivity index (χ4n) is 5.00. The summed E-state index contributed by atoms with van der Waals surface area (Å²) in [6.07, 6.45) is 4.05. The third-order valence-electron chi connectivity index (χ3n) is 6.72. The van der Waals surface area contributed by atoms with Crippen LogP contribution in [-0.4, -0.2) is 42.1 Å². The van der Waals surface area contributed by atoms with E-state index < -0.39 is 11.2 Å². The maximum absolute atomic E-state index is 13.7. The fraction of sp³-hybridized carbons (Fsp3) is 0.393. The molecule has 0 unspecified atom stereocenters. The Morgan fingerprint density at radius 3 is 2.42 bits per heavy atom. The van der Waals surface area contributed by atoms with E-state index in [2.05, 4.69) is 15.7 Å². The van der Waals surface area contributed by atoms with Gasteiger partial charge in [-0.05, 0) is 57.4 Å². The topological polar surface area (TPSA) is 120 Å². The largest absolute Gasteiger partial charge is 0.352 e. The molecule has 1 saturated carbocycles. The summed E-state index contributed by atoms with van der Waals surface area (Å²) >= 11 is 0. The third kappa shape index (κ3) is 5.11. The number of amides is 2. The SMILES string of the molecule is CC(C)(C)NC(=O)Cn1nc2n(Cc3ccccc3)c(=O)c3ccc(C(=O)NC4CCCC4)cc3n2c1=O.